The molecule has 0 aliphatic heterocycles. The van der Waals surface area contributed by atoms with Gasteiger partial charge in [0, 0.05) is 6.42 Å². The SMILES string of the molecule is CCCC(=O)O[C@@H](C)C(=O)O[C@H](C)C(=O)O[C@H](C)C(=O)O[C@H](C)C(=O)O[C@H](C)C(=O)O[C@H](C)C(=O)O[C@H](C)C(=O)O[C@H](C)C(=O)OO. The summed E-state index contributed by atoms with van der Waals surface area (Å²) in [6, 6.07) is 0. The van der Waals surface area contributed by atoms with Gasteiger partial charge in [0.05, 0.1) is 0 Å². The van der Waals surface area contributed by atoms with E-state index in [1.807, 2.05) is 0 Å². The lowest BCUT2D eigenvalue weighted by Crippen LogP contribution is -2.39. The molecule has 8 atom stereocenters. The second-order valence-corrected chi connectivity index (χ2v) is 9.85. The summed E-state index contributed by atoms with van der Waals surface area (Å²) in [6.07, 6.45) is -11.7. The van der Waals surface area contributed by atoms with Crippen LogP contribution in [0.5, 0.6) is 0 Å². The van der Waals surface area contributed by atoms with Gasteiger partial charge in [0.15, 0.2) is 48.8 Å². The number of rotatable bonds is 18. The highest BCUT2D eigenvalue weighted by Crippen LogP contribution is 2.10. The maximum absolute atomic E-state index is 12.3. The van der Waals surface area contributed by atoms with Crippen molar-refractivity contribution in [1.82, 2.24) is 0 Å². The smallest absolute Gasteiger partial charge is 0.381 e. The molecular formula is C28H40O19. The van der Waals surface area contributed by atoms with Crippen LogP contribution in [-0.4, -0.2) is 108 Å². The van der Waals surface area contributed by atoms with E-state index in [1.165, 1.54) is 6.92 Å². The van der Waals surface area contributed by atoms with E-state index in [9.17, 15) is 43.2 Å². The Bertz CT molecular complexity index is 1160. The Morgan fingerprint density at radius 3 is 0.766 bits per heavy atom. The molecule has 0 radical (unpaired) electrons. The van der Waals surface area contributed by atoms with Crippen LogP contribution in [0.4, 0.5) is 0 Å². The summed E-state index contributed by atoms with van der Waals surface area (Å²) in [5.74, 6) is -10.1. The Hall–Kier alpha value is -4.81. The minimum absolute atomic E-state index is 0.0799. The molecule has 0 rings (SSSR count). The van der Waals surface area contributed by atoms with Crippen LogP contribution in [0.1, 0.15) is 75.2 Å². The fraction of sp³-hybridized carbons (Fsp3) is 0.679. The number of carbonyl (C=O) groups excluding carboxylic acids is 9. The number of hydrogen-bond acceptors (Lipinski definition) is 19. The van der Waals surface area contributed by atoms with Gasteiger partial charge in [-0.05, 0) is 61.8 Å². The second kappa shape index (κ2) is 20.3. The first-order valence-electron chi connectivity index (χ1n) is 14.2. The van der Waals surface area contributed by atoms with Gasteiger partial charge >= 0.3 is 53.7 Å². The lowest BCUT2D eigenvalue weighted by molar-refractivity contribution is -0.244. The molecule has 0 aromatic carbocycles. The van der Waals surface area contributed by atoms with Gasteiger partial charge in [0.2, 0.25) is 0 Å². The average molecular weight is 681 g/mol. The highest BCUT2D eigenvalue weighted by atomic mass is 17.1. The van der Waals surface area contributed by atoms with E-state index in [-0.39, 0.29) is 6.42 Å². The standard InChI is InChI=1S/C28H40O19/c1-10-11-20(29)39-12(2)21(30)40-13(3)22(31)41-14(4)23(32)42-15(5)24(33)43-16(6)25(34)44-17(7)26(35)45-18(8)27(36)46-19(9)28(37)47-38/h12-19,38H,10-11H2,1-9H3/t12-,13+,14+,15+,16+,17+,18+,19+/m0/s1. The van der Waals surface area contributed by atoms with E-state index in [4.69, 9.17) is 38.4 Å². The molecule has 0 spiro atoms. The average Bonchev–Trinajstić information content (AvgIpc) is 2.99. The molecule has 266 valence electrons. The van der Waals surface area contributed by atoms with Gasteiger partial charge in [-0.3, -0.25) is 9.68 Å². The molecule has 0 saturated heterocycles. The van der Waals surface area contributed by atoms with Gasteiger partial charge in [-0.2, -0.15) is 5.26 Å². The van der Waals surface area contributed by atoms with Crippen molar-refractivity contribution in [2.75, 3.05) is 0 Å². The van der Waals surface area contributed by atoms with Crippen molar-refractivity contribution in [2.24, 2.45) is 0 Å². The van der Waals surface area contributed by atoms with E-state index in [0.29, 0.717) is 6.42 Å². The molecule has 0 aromatic heterocycles. The first kappa shape index (κ1) is 42.2. The maximum atomic E-state index is 12.3. The molecule has 0 fully saturated rings. The number of hydrogen-bond donors (Lipinski definition) is 1. The van der Waals surface area contributed by atoms with Crippen LogP contribution >= 0.6 is 0 Å². The lowest BCUT2D eigenvalue weighted by Gasteiger charge is -2.21. The van der Waals surface area contributed by atoms with Crippen LogP contribution in [0.25, 0.3) is 0 Å². The van der Waals surface area contributed by atoms with Crippen molar-refractivity contribution in [3.05, 3.63) is 0 Å². The zero-order valence-electron chi connectivity index (χ0n) is 27.3. The number of esters is 8. The highest BCUT2D eigenvalue weighted by molar-refractivity contribution is 5.88. The Labute approximate surface area is 269 Å². The largest absolute Gasteiger partial charge is 0.451 e. The molecule has 0 saturated carbocycles. The van der Waals surface area contributed by atoms with Gasteiger partial charge in [-0.15, -0.1) is 0 Å². The Balaban J connectivity index is 4.80. The van der Waals surface area contributed by atoms with Crippen molar-refractivity contribution in [2.45, 2.75) is 124 Å². The van der Waals surface area contributed by atoms with E-state index in [0.717, 1.165) is 48.5 Å². The van der Waals surface area contributed by atoms with Crippen LogP contribution in [0.3, 0.4) is 0 Å². The predicted molar refractivity (Wildman–Crippen MR) is 148 cm³/mol. The molecule has 0 amide bonds. The van der Waals surface area contributed by atoms with Crippen LogP contribution < -0.4 is 0 Å². The van der Waals surface area contributed by atoms with Crippen molar-refractivity contribution < 1.29 is 91.2 Å². The maximum Gasteiger partial charge on any atom is 0.381 e. The van der Waals surface area contributed by atoms with E-state index < -0.39 is 103 Å². The van der Waals surface area contributed by atoms with Crippen molar-refractivity contribution in [3.8, 4) is 0 Å². The molecule has 0 bridgehead atoms. The first-order chi connectivity index (χ1) is 21.7. The summed E-state index contributed by atoms with van der Waals surface area (Å²) in [5, 5.41) is 8.29. The van der Waals surface area contributed by atoms with Crippen LogP contribution in [0, 0.1) is 0 Å². The van der Waals surface area contributed by atoms with Gasteiger partial charge in [0.25, 0.3) is 0 Å². The second-order valence-electron chi connectivity index (χ2n) is 9.85. The molecule has 19 nitrogen and oxygen atoms in total. The Morgan fingerprint density at radius 2 is 0.574 bits per heavy atom. The van der Waals surface area contributed by atoms with Crippen molar-refractivity contribution in [3.63, 3.8) is 0 Å². The van der Waals surface area contributed by atoms with Gasteiger partial charge in [-0.1, -0.05) is 6.92 Å². The molecule has 47 heavy (non-hydrogen) atoms. The third-order valence-corrected chi connectivity index (χ3v) is 5.56. The molecular weight excluding hydrogens is 640 g/mol. The summed E-state index contributed by atoms with van der Waals surface area (Å²) in [7, 11) is 0. The predicted octanol–water partition coefficient (Wildman–Crippen LogP) is 0.256. The van der Waals surface area contributed by atoms with Gasteiger partial charge < -0.3 is 37.9 Å². The minimum Gasteiger partial charge on any atom is -0.451 e. The van der Waals surface area contributed by atoms with E-state index in [1.54, 1.807) is 6.92 Å². The van der Waals surface area contributed by atoms with Crippen LogP contribution in [0.15, 0.2) is 0 Å². The van der Waals surface area contributed by atoms with Crippen LogP contribution in [0.2, 0.25) is 0 Å². The summed E-state index contributed by atoms with van der Waals surface area (Å²) >= 11 is 0. The van der Waals surface area contributed by atoms with E-state index in [2.05, 4.69) is 9.62 Å². The molecule has 19 heteroatoms. The number of ether oxygens (including phenoxy) is 8. The molecule has 0 heterocycles. The number of carbonyl (C=O) groups is 9. The molecule has 0 aliphatic carbocycles. The van der Waals surface area contributed by atoms with Crippen LogP contribution in [-0.2, 0) is 85.9 Å². The third kappa shape index (κ3) is 15.4. The normalized spacial score (nSPS) is 15.7. The van der Waals surface area contributed by atoms with Gasteiger partial charge in [-0.25, -0.2) is 38.4 Å². The molecule has 0 unspecified atom stereocenters. The summed E-state index contributed by atoms with van der Waals surface area (Å²) in [6.45, 7) is 10.6. The van der Waals surface area contributed by atoms with E-state index >= 15 is 0 Å². The Morgan fingerprint density at radius 1 is 0.383 bits per heavy atom. The molecule has 0 aromatic rings. The fourth-order valence-electron chi connectivity index (χ4n) is 2.81. The topological polar surface area (TPSA) is 257 Å². The minimum atomic E-state index is -1.62. The summed E-state index contributed by atoms with van der Waals surface area (Å²) in [4.78, 5) is 111. The fourth-order valence-corrected chi connectivity index (χ4v) is 2.81. The first-order valence-corrected chi connectivity index (χ1v) is 14.2. The van der Waals surface area contributed by atoms with Gasteiger partial charge in [0.1, 0.15) is 0 Å². The van der Waals surface area contributed by atoms with Crippen molar-refractivity contribution in [1.29, 1.82) is 0 Å². The molecule has 0 aliphatic rings. The summed E-state index contributed by atoms with van der Waals surface area (Å²) < 4.78 is 38.7. The monoisotopic (exact) mass is 680 g/mol. The summed E-state index contributed by atoms with van der Waals surface area (Å²) in [5.41, 5.74) is 0. The zero-order valence-corrected chi connectivity index (χ0v) is 27.3. The lowest BCUT2D eigenvalue weighted by atomic mass is 10.3. The Kier molecular flexibility index (Phi) is 18.3. The highest BCUT2D eigenvalue weighted by Gasteiger charge is 2.33. The third-order valence-electron chi connectivity index (χ3n) is 5.56. The van der Waals surface area contributed by atoms with Crippen molar-refractivity contribution >= 4 is 53.7 Å². The zero-order chi connectivity index (χ0) is 36.6. The quantitative estimate of drug-likeness (QED) is 0.0880. The molecule has 1 N–H and O–H groups in total.